The van der Waals surface area contributed by atoms with Gasteiger partial charge in [0.25, 0.3) is 0 Å². The zero-order valence-corrected chi connectivity index (χ0v) is 8.39. The standard InChI is InChI=1S/C11H7F3N2/c1-7-2-3-8(4-5-15)10(9(7)6-16)11(12,13)14/h2-3H,4H2,1H3. The fourth-order valence-corrected chi connectivity index (χ4v) is 1.45. The van der Waals surface area contributed by atoms with Crippen molar-refractivity contribution in [2.45, 2.75) is 19.5 Å². The topological polar surface area (TPSA) is 47.6 Å². The van der Waals surface area contributed by atoms with Crippen LogP contribution < -0.4 is 0 Å². The Labute approximate surface area is 90.5 Å². The summed E-state index contributed by atoms with van der Waals surface area (Å²) in [6, 6.07) is 5.85. The van der Waals surface area contributed by atoms with Gasteiger partial charge in [0.2, 0.25) is 0 Å². The van der Waals surface area contributed by atoms with Gasteiger partial charge in [-0.15, -0.1) is 0 Å². The Hall–Kier alpha value is -2.01. The van der Waals surface area contributed by atoms with Gasteiger partial charge in [-0.05, 0) is 18.1 Å². The SMILES string of the molecule is Cc1ccc(CC#N)c(C(F)(F)F)c1C#N. The molecule has 5 heteroatoms. The van der Waals surface area contributed by atoms with Gasteiger partial charge in [-0.25, -0.2) is 0 Å². The van der Waals surface area contributed by atoms with Crippen LogP contribution in [0.2, 0.25) is 0 Å². The molecule has 0 amide bonds. The number of rotatable bonds is 1. The molecule has 0 spiro atoms. The average Bonchev–Trinajstić information content (AvgIpc) is 2.18. The molecule has 1 aromatic carbocycles. The highest BCUT2D eigenvalue weighted by molar-refractivity contribution is 5.50. The van der Waals surface area contributed by atoms with Crippen molar-refractivity contribution in [1.29, 1.82) is 10.5 Å². The van der Waals surface area contributed by atoms with E-state index >= 15 is 0 Å². The third-order valence-corrected chi connectivity index (χ3v) is 2.16. The van der Waals surface area contributed by atoms with E-state index < -0.39 is 17.3 Å². The zero-order chi connectivity index (χ0) is 12.3. The number of benzene rings is 1. The molecule has 0 N–H and O–H groups in total. The van der Waals surface area contributed by atoms with Crippen LogP contribution in [0.5, 0.6) is 0 Å². The Kier molecular flexibility index (Phi) is 3.20. The van der Waals surface area contributed by atoms with E-state index in [2.05, 4.69) is 0 Å². The number of alkyl halides is 3. The molecule has 2 nitrogen and oxygen atoms in total. The smallest absolute Gasteiger partial charge is 0.198 e. The van der Waals surface area contributed by atoms with E-state index in [0.29, 0.717) is 0 Å². The molecule has 1 rings (SSSR count). The summed E-state index contributed by atoms with van der Waals surface area (Å²) >= 11 is 0. The van der Waals surface area contributed by atoms with E-state index in [1.165, 1.54) is 25.1 Å². The number of hydrogen-bond acceptors (Lipinski definition) is 2. The van der Waals surface area contributed by atoms with Crippen LogP contribution in [0.15, 0.2) is 12.1 Å². The van der Waals surface area contributed by atoms with Crippen LogP contribution in [0.25, 0.3) is 0 Å². The Balaban J connectivity index is 3.57. The van der Waals surface area contributed by atoms with Crippen LogP contribution in [-0.4, -0.2) is 0 Å². The van der Waals surface area contributed by atoms with E-state index in [0.717, 1.165) is 0 Å². The largest absolute Gasteiger partial charge is 0.417 e. The predicted molar refractivity (Wildman–Crippen MR) is 50.2 cm³/mol. The molecule has 1 aromatic rings. The molecule has 0 aromatic heterocycles. The minimum absolute atomic E-state index is 0.155. The van der Waals surface area contributed by atoms with Crippen molar-refractivity contribution in [3.05, 3.63) is 34.4 Å². The summed E-state index contributed by atoms with van der Waals surface area (Å²) < 4.78 is 38.2. The van der Waals surface area contributed by atoms with Crippen molar-refractivity contribution >= 4 is 0 Å². The van der Waals surface area contributed by atoms with Gasteiger partial charge in [0.15, 0.2) is 0 Å². The van der Waals surface area contributed by atoms with Gasteiger partial charge in [-0.3, -0.25) is 0 Å². The zero-order valence-electron chi connectivity index (χ0n) is 8.39. The average molecular weight is 224 g/mol. The molecule has 0 atom stereocenters. The van der Waals surface area contributed by atoms with Gasteiger partial charge >= 0.3 is 6.18 Å². The molecule has 0 unspecified atom stereocenters. The Morgan fingerprint density at radius 3 is 2.31 bits per heavy atom. The second-order valence-corrected chi connectivity index (χ2v) is 3.24. The normalized spacial score (nSPS) is 10.6. The van der Waals surface area contributed by atoms with Crippen LogP contribution >= 0.6 is 0 Å². The van der Waals surface area contributed by atoms with Gasteiger partial charge in [0, 0.05) is 0 Å². The molecule has 0 radical (unpaired) electrons. The molecule has 0 saturated heterocycles. The Bertz CT molecular complexity index is 490. The summed E-state index contributed by atoms with van der Waals surface area (Å²) in [4.78, 5) is 0. The predicted octanol–water partition coefficient (Wildman–Crippen LogP) is 2.95. The quantitative estimate of drug-likeness (QED) is 0.736. The van der Waals surface area contributed by atoms with Crippen LogP contribution in [0.4, 0.5) is 13.2 Å². The highest BCUT2D eigenvalue weighted by atomic mass is 19.4. The van der Waals surface area contributed by atoms with Gasteiger partial charge < -0.3 is 0 Å². The first-order chi connectivity index (χ1) is 7.41. The van der Waals surface area contributed by atoms with E-state index in [-0.39, 0.29) is 17.5 Å². The second-order valence-electron chi connectivity index (χ2n) is 3.24. The minimum atomic E-state index is -4.61. The van der Waals surface area contributed by atoms with Crippen molar-refractivity contribution in [3.63, 3.8) is 0 Å². The van der Waals surface area contributed by atoms with Crippen molar-refractivity contribution in [2.24, 2.45) is 0 Å². The van der Waals surface area contributed by atoms with E-state index in [1.54, 1.807) is 6.07 Å². The summed E-state index contributed by atoms with van der Waals surface area (Å²) in [5.74, 6) is 0. The Morgan fingerprint density at radius 1 is 1.25 bits per heavy atom. The molecule has 0 aliphatic carbocycles. The second kappa shape index (κ2) is 4.24. The fraction of sp³-hybridized carbons (Fsp3) is 0.273. The summed E-state index contributed by atoms with van der Waals surface area (Å²) in [6.45, 7) is 1.43. The number of hydrogen-bond donors (Lipinski definition) is 0. The van der Waals surface area contributed by atoms with E-state index in [4.69, 9.17) is 10.5 Å². The lowest BCUT2D eigenvalue weighted by atomic mass is 9.95. The van der Waals surface area contributed by atoms with Crippen LogP contribution in [0, 0.1) is 29.6 Å². The lowest BCUT2D eigenvalue weighted by Crippen LogP contribution is -2.12. The van der Waals surface area contributed by atoms with Crippen molar-refractivity contribution in [2.75, 3.05) is 0 Å². The monoisotopic (exact) mass is 224 g/mol. The lowest BCUT2D eigenvalue weighted by molar-refractivity contribution is -0.138. The highest BCUT2D eigenvalue weighted by Gasteiger charge is 2.36. The van der Waals surface area contributed by atoms with E-state index in [1.807, 2.05) is 0 Å². The number of aryl methyl sites for hydroxylation is 1. The van der Waals surface area contributed by atoms with Gasteiger partial charge in [-0.2, -0.15) is 23.7 Å². The molecular weight excluding hydrogens is 217 g/mol. The molecule has 0 heterocycles. The fourth-order valence-electron chi connectivity index (χ4n) is 1.45. The molecule has 0 aliphatic heterocycles. The van der Waals surface area contributed by atoms with Gasteiger partial charge in [0.05, 0.1) is 23.6 Å². The first kappa shape index (κ1) is 12.1. The molecule has 16 heavy (non-hydrogen) atoms. The number of nitriles is 2. The van der Waals surface area contributed by atoms with Gasteiger partial charge in [0.1, 0.15) is 6.07 Å². The molecule has 0 fully saturated rings. The Morgan fingerprint density at radius 2 is 1.88 bits per heavy atom. The van der Waals surface area contributed by atoms with Crippen LogP contribution in [-0.2, 0) is 12.6 Å². The summed E-state index contributed by atoms with van der Waals surface area (Å²) in [7, 11) is 0. The van der Waals surface area contributed by atoms with Gasteiger partial charge in [-0.1, -0.05) is 12.1 Å². The van der Waals surface area contributed by atoms with E-state index in [9.17, 15) is 13.2 Å². The number of nitrogens with zero attached hydrogens (tertiary/aromatic N) is 2. The minimum Gasteiger partial charge on any atom is -0.198 e. The third kappa shape index (κ3) is 2.14. The molecule has 0 aliphatic rings. The lowest BCUT2D eigenvalue weighted by Gasteiger charge is -2.14. The van der Waals surface area contributed by atoms with Crippen molar-refractivity contribution < 1.29 is 13.2 Å². The third-order valence-electron chi connectivity index (χ3n) is 2.16. The summed E-state index contributed by atoms with van der Waals surface area (Å²) in [6.07, 6.45) is -4.97. The maximum absolute atomic E-state index is 12.7. The van der Waals surface area contributed by atoms with Crippen molar-refractivity contribution in [3.8, 4) is 12.1 Å². The first-order valence-corrected chi connectivity index (χ1v) is 4.38. The summed E-state index contributed by atoms with van der Waals surface area (Å²) in [5.41, 5.74) is -1.29. The van der Waals surface area contributed by atoms with Crippen molar-refractivity contribution in [1.82, 2.24) is 0 Å². The molecule has 0 saturated carbocycles. The molecule has 82 valence electrons. The summed E-state index contributed by atoms with van der Waals surface area (Å²) in [5, 5.41) is 17.2. The maximum atomic E-state index is 12.7. The van der Waals surface area contributed by atoms with Crippen LogP contribution in [0.1, 0.15) is 22.3 Å². The first-order valence-electron chi connectivity index (χ1n) is 4.38. The molecule has 0 bridgehead atoms. The number of halogens is 3. The highest BCUT2D eigenvalue weighted by Crippen LogP contribution is 2.35. The molecular formula is C11H7F3N2. The van der Waals surface area contributed by atoms with Crippen LogP contribution in [0.3, 0.4) is 0 Å². The maximum Gasteiger partial charge on any atom is 0.417 e.